The lowest BCUT2D eigenvalue weighted by molar-refractivity contribution is 0.324. The molecule has 0 fully saturated rings. The van der Waals surface area contributed by atoms with Crippen molar-refractivity contribution in [3.63, 3.8) is 0 Å². The van der Waals surface area contributed by atoms with Gasteiger partial charge in [0.25, 0.3) is 0 Å². The van der Waals surface area contributed by atoms with E-state index in [1.54, 1.807) is 41.8 Å². The van der Waals surface area contributed by atoms with Gasteiger partial charge in [-0.25, -0.2) is 9.98 Å². The average Bonchev–Trinajstić information content (AvgIpc) is 3.35. The molecule has 4 aromatic rings. The maximum absolute atomic E-state index is 5.45. The van der Waals surface area contributed by atoms with Gasteiger partial charge in [-0.3, -0.25) is 0 Å². The number of hydrogen-bond donors (Lipinski definition) is 0. The molecule has 0 aliphatic heterocycles. The Morgan fingerprint density at radius 1 is 0.686 bits per heavy atom. The van der Waals surface area contributed by atoms with Crippen LogP contribution in [-0.2, 0) is 0 Å². The summed E-state index contributed by atoms with van der Waals surface area (Å²) in [7, 11) is 8.05. The van der Waals surface area contributed by atoms with Crippen molar-refractivity contribution >= 4 is 22.7 Å². The van der Waals surface area contributed by atoms with Crippen LogP contribution in [0, 0.1) is 0 Å². The molecule has 7 nitrogen and oxygen atoms in total. The fourth-order valence-corrected chi connectivity index (χ4v) is 4.49. The van der Waals surface area contributed by atoms with Gasteiger partial charge < -0.3 is 23.7 Å². The van der Waals surface area contributed by atoms with Gasteiger partial charge in [0.15, 0.2) is 11.5 Å². The lowest BCUT2D eigenvalue weighted by Gasteiger charge is -2.12. The van der Waals surface area contributed by atoms with Gasteiger partial charge in [-0.15, -0.1) is 0 Å². The van der Waals surface area contributed by atoms with Gasteiger partial charge in [-0.05, 0) is 66.2 Å². The quantitative estimate of drug-likeness (QED) is 0.258. The number of ether oxygens (including phenoxy) is 5. The largest absolute Gasteiger partial charge is 0.497 e. The number of thiazole rings is 1. The summed E-state index contributed by atoms with van der Waals surface area (Å²) in [5.41, 5.74) is 3.65. The molecule has 0 saturated heterocycles. The van der Waals surface area contributed by atoms with E-state index in [2.05, 4.69) is 4.99 Å². The summed E-state index contributed by atoms with van der Waals surface area (Å²) in [5.74, 6) is 3.24. The summed E-state index contributed by atoms with van der Waals surface area (Å²) in [6.45, 7) is 0. The highest BCUT2D eigenvalue weighted by atomic mass is 32.1. The Morgan fingerprint density at radius 2 is 1.23 bits per heavy atom. The Kier molecular flexibility index (Phi) is 7.52. The Balaban J connectivity index is 1.75. The number of benzene rings is 3. The molecule has 1 aromatic heterocycles. The minimum atomic E-state index is 0.532. The van der Waals surface area contributed by atoms with E-state index in [9.17, 15) is 0 Å². The van der Waals surface area contributed by atoms with Crippen molar-refractivity contribution in [2.45, 2.75) is 0 Å². The monoisotopic (exact) mass is 490 g/mol. The highest BCUT2D eigenvalue weighted by molar-refractivity contribution is 7.19. The number of aromatic nitrogens is 1. The average molecular weight is 491 g/mol. The third-order valence-corrected chi connectivity index (χ3v) is 6.36. The molecule has 0 unspecified atom stereocenters. The van der Waals surface area contributed by atoms with Crippen molar-refractivity contribution in [3.8, 4) is 50.4 Å². The summed E-state index contributed by atoms with van der Waals surface area (Å²) in [6, 6.07) is 19.4. The van der Waals surface area contributed by atoms with Crippen LogP contribution in [0.2, 0.25) is 0 Å². The first-order valence-corrected chi connectivity index (χ1v) is 11.6. The van der Waals surface area contributed by atoms with E-state index in [4.69, 9.17) is 28.7 Å². The molecule has 180 valence electrons. The molecule has 0 aliphatic carbocycles. The maximum atomic E-state index is 5.45. The van der Waals surface area contributed by atoms with Crippen molar-refractivity contribution in [1.29, 1.82) is 0 Å². The third-order valence-electron chi connectivity index (χ3n) is 5.34. The van der Waals surface area contributed by atoms with Gasteiger partial charge in [0.2, 0.25) is 10.9 Å². The van der Waals surface area contributed by atoms with Crippen LogP contribution in [0.3, 0.4) is 0 Å². The Labute approximate surface area is 208 Å². The minimum absolute atomic E-state index is 0.532. The third kappa shape index (κ3) is 5.22. The van der Waals surface area contributed by atoms with E-state index >= 15 is 0 Å². The van der Waals surface area contributed by atoms with Crippen LogP contribution in [0.5, 0.6) is 28.7 Å². The summed E-state index contributed by atoms with van der Waals surface area (Å²) in [6.07, 6.45) is 1.74. The van der Waals surface area contributed by atoms with Crippen LogP contribution in [0.15, 0.2) is 65.7 Å². The van der Waals surface area contributed by atoms with Gasteiger partial charge in [0.05, 0.1) is 46.1 Å². The van der Waals surface area contributed by atoms with Crippen molar-refractivity contribution in [2.75, 3.05) is 35.5 Å². The zero-order valence-electron chi connectivity index (χ0n) is 20.2. The number of hydrogen-bond acceptors (Lipinski definition) is 8. The topological polar surface area (TPSA) is 71.4 Å². The maximum Gasteiger partial charge on any atom is 0.210 e. The number of aliphatic imine (C=N–C) groups is 1. The highest BCUT2D eigenvalue weighted by Crippen LogP contribution is 2.41. The van der Waals surface area contributed by atoms with Crippen molar-refractivity contribution < 1.29 is 23.7 Å². The zero-order chi connectivity index (χ0) is 24.8. The van der Waals surface area contributed by atoms with Crippen LogP contribution in [0.1, 0.15) is 5.56 Å². The number of nitrogens with zero attached hydrogens (tertiary/aromatic N) is 2. The first kappa shape index (κ1) is 24.1. The lowest BCUT2D eigenvalue weighted by Crippen LogP contribution is -1.96. The summed E-state index contributed by atoms with van der Waals surface area (Å²) >= 11 is 1.51. The molecule has 0 amide bonds. The standard InChI is InChI=1S/C27H26N2O5S/c1-30-20-10-6-18(7-11-20)24-26(19-8-12-21(31-2)13-9-19)35-27(29-24)28-16-17-14-22(32-3)25(34-5)23(15-17)33-4/h6-16H,1-5H3/b28-16+. The molecule has 0 spiro atoms. The highest BCUT2D eigenvalue weighted by Gasteiger charge is 2.16. The Hall–Kier alpha value is -4.04. The second-order valence-electron chi connectivity index (χ2n) is 7.35. The summed E-state index contributed by atoms with van der Waals surface area (Å²) in [5, 5.41) is 0.621. The first-order valence-electron chi connectivity index (χ1n) is 10.7. The molecule has 0 bridgehead atoms. The smallest absolute Gasteiger partial charge is 0.210 e. The zero-order valence-corrected chi connectivity index (χ0v) is 21.0. The van der Waals surface area contributed by atoms with Crippen molar-refractivity contribution in [3.05, 3.63) is 66.2 Å². The predicted molar refractivity (Wildman–Crippen MR) is 139 cm³/mol. The second-order valence-corrected chi connectivity index (χ2v) is 8.33. The molecule has 35 heavy (non-hydrogen) atoms. The van der Waals surface area contributed by atoms with Crippen LogP contribution >= 0.6 is 11.3 Å². The Bertz CT molecular complexity index is 1220. The molecular formula is C27H26N2O5S. The molecule has 3 aromatic carbocycles. The van der Waals surface area contributed by atoms with Gasteiger partial charge in [-0.2, -0.15) is 0 Å². The van der Waals surface area contributed by atoms with Crippen molar-refractivity contribution in [1.82, 2.24) is 4.98 Å². The molecular weight excluding hydrogens is 464 g/mol. The van der Waals surface area contributed by atoms with Crippen LogP contribution in [0.25, 0.3) is 21.7 Å². The van der Waals surface area contributed by atoms with E-state index in [-0.39, 0.29) is 0 Å². The van der Waals surface area contributed by atoms with E-state index < -0.39 is 0 Å². The van der Waals surface area contributed by atoms with E-state index in [0.717, 1.165) is 38.8 Å². The lowest BCUT2D eigenvalue weighted by atomic mass is 10.1. The van der Waals surface area contributed by atoms with Crippen LogP contribution in [-0.4, -0.2) is 46.7 Å². The minimum Gasteiger partial charge on any atom is -0.497 e. The van der Waals surface area contributed by atoms with Gasteiger partial charge in [-0.1, -0.05) is 11.3 Å². The molecule has 0 saturated carbocycles. The molecule has 0 N–H and O–H groups in total. The molecule has 0 radical (unpaired) electrons. The van der Waals surface area contributed by atoms with Crippen LogP contribution < -0.4 is 23.7 Å². The van der Waals surface area contributed by atoms with Gasteiger partial charge >= 0.3 is 0 Å². The van der Waals surface area contributed by atoms with Gasteiger partial charge in [0.1, 0.15) is 11.5 Å². The van der Waals surface area contributed by atoms with E-state index in [0.29, 0.717) is 22.4 Å². The van der Waals surface area contributed by atoms with Crippen LogP contribution in [0.4, 0.5) is 5.13 Å². The molecule has 0 atom stereocenters. The first-order chi connectivity index (χ1) is 17.1. The summed E-state index contributed by atoms with van der Waals surface area (Å²) in [4.78, 5) is 10.5. The van der Waals surface area contributed by atoms with Crippen molar-refractivity contribution in [2.24, 2.45) is 4.99 Å². The summed E-state index contributed by atoms with van der Waals surface area (Å²) < 4.78 is 26.9. The molecule has 8 heteroatoms. The normalized spacial score (nSPS) is 10.9. The van der Waals surface area contributed by atoms with Gasteiger partial charge in [0, 0.05) is 17.3 Å². The van der Waals surface area contributed by atoms with E-state index in [1.807, 2.05) is 60.7 Å². The molecule has 4 rings (SSSR count). The van der Waals surface area contributed by atoms with E-state index in [1.165, 1.54) is 11.3 Å². The fraction of sp³-hybridized carbons (Fsp3) is 0.185. The predicted octanol–water partition coefficient (Wildman–Crippen LogP) is 6.27. The number of rotatable bonds is 9. The molecule has 1 heterocycles. The number of methoxy groups -OCH3 is 5. The molecule has 0 aliphatic rings. The Morgan fingerprint density at radius 3 is 1.71 bits per heavy atom. The SMILES string of the molecule is COc1ccc(-c2nc(/N=C/c3cc(OC)c(OC)c(OC)c3)sc2-c2ccc(OC)cc2)cc1. The second kappa shape index (κ2) is 10.9. The fourth-order valence-electron chi connectivity index (χ4n) is 3.55.